The molecule has 0 aliphatic rings. The summed E-state index contributed by atoms with van der Waals surface area (Å²) in [5.41, 5.74) is 2.36. The molecule has 0 saturated carbocycles. The first-order chi connectivity index (χ1) is 9.80. The molecule has 1 unspecified atom stereocenters. The molecule has 0 saturated heterocycles. The second kappa shape index (κ2) is 7.07. The van der Waals surface area contributed by atoms with Crippen LogP contribution in [0.1, 0.15) is 39.2 Å². The molecule has 0 spiro atoms. The summed E-state index contributed by atoms with van der Waals surface area (Å²) in [5, 5.41) is 5.64. The van der Waals surface area contributed by atoms with E-state index in [-0.39, 0.29) is 17.2 Å². The molecule has 0 heterocycles. The quantitative estimate of drug-likeness (QED) is 0.625. The number of likely N-dealkylation sites (N-methyl/N-ethyl adjacent to an activating group) is 1. The van der Waals surface area contributed by atoms with Gasteiger partial charge in [0.15, 0.2) is 6.29 Å². The van der Waals surface area contributed by atoms with Crippen molar-refractivity contribution in [2.45, 2.75) is 33.6 Å². The van der Waals surface area contributed by atoms with Crippen LogP contribution in [0.3, 0.4) is 0 Å². The van der Waals surface area contributed by atoms with Gasteiger partial charge in [0.1, 0.15) is 0 Å². The van der Waals surface area contributed by atoms with Gasteiger partial charge in [0.05, 0.1) is 5.70 Å². The molecule has 1 aromatic carbocycles. The predicted molar refractivity (Wildman–Crippen MR) is 86.1 cm³/mol. The maximum Gasteiger partial charge on any atom is 0.221 e. The van der Waals surface area contributed by atoms with Crippen LogP contribution in [0.5, 0.6) is 0 Å². The zero-order valence-electron chi connectivity index (χ0n) is 13.4. The highest BCUT2D eigenvalue weighted by Gasteiger charge is 2.25. The van der Waals surface area contributed by atoms with Crippen molar-refractivity contribution in [3.63, 3.8) is 0 Å². The van der Waals surface area contributed by atoms with Crippen LogP contribution in [0, 0.1) is 5.41 Å². The van der Waals surface area contributed by atoms with E-state index in [4.69, 9.17) is 0 Å². The minimum absolute atomic E-state index is 0.0799. The topological polar surface area (TPSA) is 58.2 Å². The van der Waals surface area contributed by atoms with E-state index in [9.17, 15) is 9.59 Å². The van der Waals surface area contributed by atoms with Crippen molar-refractivity contribution in [2.24, 2.45) is 5.41 Å². The van der Waals surface area contributed by atoms with Crippen molar-refractivity contribution in [3.05, 3.63) is 41.6 Å². The number of benzene rings is 1. The summed E-state index contributed by atoms with van der Waals surface area (Å²) in [7, 11) is 1.74. The van der Waals surface area contributed by atoms with Crippen molar-refractivity contribution in [1.82, 2.24) is 5.32 Å². The number of allylic oxidation sites excluding steroid dienone is 2. The largest absolute Gasteiger partial charge is 0.386 e. The number of rotatable bonds is 6. The highest BCUT2D eigenvalue weighted by molar-refractivity contribution is 5.88. The molecular formula is C17H24N2O2. The van der Waals surface area contributed by atoms with Gasteiger partial charge < -0.3 is 10.6 Å². The molecular weight excluding hydrogens is 264 g/mol. The van der Waals surface area contributed by atoms with Crippen LogP contribution in [0.2, 0.25) is 0 Å². The second-order valence-corrected chi connectivity index (χ2v) is 5.81. The molecule has 0 aliphatic carbocycles. The molecule has 114 valence electrons. The summed E-state index contributed by atoms with van der Waals surface area (Å²) < 4.78 is 0. The number of anilines is 1. The minimum atomic E-state index is -0.172. The maximum absolute atomic E-state index is 11.0. The molecule has 0 bridgehead atoms. The first-order valence-electron chi connectivity index (χ1n) is 7.03. The smallest absolute Gasteiger partial charge is 0.221 e. The van der Waals surface area contributed by atoms with E-state index in [1.54, 1.807) is 7.05 Å². The van der Waals surface area contributed by atoms with Gasteiger partial charge in [-0.2, -0.15) is 0 Å². The third-order valence-corrected chi connectivity index (χ3v) is 3.79. The Labute approximate surface area is 126 Å². The average molecular weight is 288 g/mol. The fourth-order valence-corrected chi connectivity index (χ4v) is 2.18. The molecule has 1 atom stereocenters. The molecule has 0 aliphatic heterocycles. The van der Waals surface area contributed by atoms with Crippen molar-refractivity contribution < 1.29 is 9.59 Å². The van der Waals surface area contributed by atoms with Gasteiger partial charge in [-0.25, -0.2) is 0 Å². The molecule has 1 rings (SSSR count). The fraction of sp³-hybridized carbons (Fsp3) is 0.412. The van der Waals surface area contributed by atoms with Crippen LogP contribution in [-0.2, 0) is 9.59 Å². The molecule has 0 fully saturated rings. The lowest BCUT2D eigenvalue weighted by Gasteiger charge is -2.29. The van der Waals surface area contributed by atoms with Crippen LogP contribution in [-0.4, -0.2) is 19.2 Å². The lowest BCUT2D eigenvalue weighted by atomic mass is 9.75. The van der Waals surface area contributed by atoms with E-state index in [1.165, 1.54) is 6.92 Å². The molecule has 1 amide bonds. The maximum atomic E-state index is 11.0. The highest BCUT2D eigenvalue weighted by atomic mass is 16.1. The Kier molecular flexibility index (Phi) is 5.70. The number of amides is 1. The van der Waals surface area contributed by atoms with Gasteiger partial charge in [0.2, 0.25) is 5.91 Å². The average Bonchev–Trinajstić information content (AvgIpc) is 2.44. The molecule has 1 aromatic rings. The Morgan fingerprint density at radius 3 is 2.24 bits per heavy atom. The fourth-order valence-electron chi connectivity index (χ4n) is 2.18. The number of hydrogen-bond acceptors (Lipinski definition) is 3. The van der Waals surface area contributed by atoms with Crippen molar-refractivity contribution in [2.75, 3.05) is 12.4 Å². The molecule has 0 radical (unpaired) electrons. The number of carbonyl (C=O) groups excluding carboxylic acids is 2. The van der Waals surface area contributed by atoms with Crippen LogP contribution >= 0.6 is 0 Å². The standard InChI is InChI=1S/C17H24N2O2/c1-12(17(3,4)10-16(11-20)18-5)14-6-8-15(9-7-14)19-13(2)21/h6-12,18H,1-5H3,(H,19,21)/b16-10-. The highest BCUT2D eigenvalue weighted by Crippen LogP contribution is 2.37. The van der Waals surface area contributed by atoms with Gasteiger partial charge in [0.25, 0.3) is 0 Å². The van der Waals surface area contributed by atoms with Crippen LogP contribution in [0.4, 0.5) is 5.69 Å². The molecule has 4 nitrogen and oxygen atoms in total. The second-order valence-electron chi connectivity index (χ2n) is 5.81. The van der Waals surface area contributed by atoms with Gasteiger partial charge >= 0.3 is 0 Å². The lowest BCUT2D eigenvalue weighted by Crippen LogP contribution is -2.21. The Bertz CT molecular complexity index is 530. The predicted octanol–water partition coefficient (Wildman–Crippen LogP) is 3.08. The molecule has 4 heteroatoms. The van der Waals surface area contributed by atoms with Crippen LogP contribution in [0.25, 0.3) is 0 Å². The first-order valence-corrected chi connectivity index (χ1v) is 7.03. The molecule has 21 heavy (non-hydrogen) atoms. The monoisotopic (exact) mass is 288 g/mol. The summed E-state index contributed by atoms with van der Waals surface area (Å²) in [4.78, 5) is 22.0. The normalized spacial score (nSPS) is 13.5. The van der Waals surface area contributed by atoms with Crippen LogP contribution < -0.4 is 10.6 Å². The van der Waals surface area contributed by atoms with Crippen molar-refractivity contribution >= 4 is 17.9 Å². The SMILES string of the molecule is CN/C(C=O)=C\C(C)(C)C(C)c1ccc(NC(C)=O)cc1. The van der Waals surface area contributed by atoms with Crippen molar-refractivity contribution in [3.8, 4) is 0 Å². The lowest BCUT2D eigenvalue weighted by molar-refractivity contribution is -0.114. The first kappa shape index (κ1) is 17.0. The van der Waals surface area contributed by atoms with E-state index < -0.39 is 0 Å². The summed E-state index contributed by atoms with van der Waals surface area (Å²) in [6, 6.07) is 7.80. The molecule has 2 N–H and O–H groups in total. The minimum Gasteiger partial charge on any atom is -0.386 e. The third-order valence-electron chi connectivity index (χ3n) is 3.79. The Morgan fingerprint density at radius 2 is 1.81 bits per heavy atom. The number of hydrogen-bond donors (Lipinski definition) is 2. The van der Waals surface area contributed by atoms with Crippen LogP contribution in [0.15, 0.2) is 36.0 Å². The van der Waals surface area contributed by atoms with E-state index in [2.05, 4.69) is 31.4 Å². The van der Waals surface area contributed by atoms with Gasteiger partial charge in [0, 0.05) is 19.7 Å². The summed E-state index contributed by atoms with van der Waals surface area (Å²) in [5.74, 6) is 0.149. The zero-order valence-corrected chi connectivity index (χ0v) is 13.4. The zero-order chi connectivity index (χ0) is 16.0. The van der Waals surface area contributed by atoms with Gasteiger partial charge in [-0.15, -0.1) is 0 Å². The van der Waals surface area contributed by atoms with Gasteiger partial charge in [-0.1, -0.05) is 39.0 Å². The van der Waals surface area contributed by atoms with Crippen molar-refractivity contribution in [1.29, 1.82) is 0 Å². The van der Waals surface area contributed by atoms with E-state index >= 15 is 0 Å². The van der Waals surface area contributed by atoms with Gasteiger partial charge in [-0.05, 0) is 29.0 Å². The summed E-state index contributed by atoms with van der Waals surface area (Å²) >= 11 is 0. The van der Waals surface area contributed by atoms with E-state index in [0.29, 0.717) is 5.70 Å². The Balaban J connectivity index is 2.96. The van der Waals surface area contributed by atoms with E-state index in [1.807, 2.05) is 30.3 Å². The van der Waals surface area contributed by atoms with E-state index in [0.717, 1.165) is 17.5 Å². The number of nitrogens with one attached hydrogen (secondary N) is 2. The molecule has 0 aromatic heterocycles. The summed E-state index contributed by atoms with van der Waals surface area (Å²) in [6.07, 6.45) is 2.78. The Hall–Kier alpha value is -2.10. The van der Waals surface area contributed by atoms with Gasteiger partial charge in [-0.3, -0.25) is 9.59 Å². The third kappa shape index (κ3) is 4.74. The number of aldehydes is 1. The number of carbonyl (C=O) groups is 2. The Morgan fingerprint density at radius 1 is 1.24 bits per heavy atom. The summed E-state index contributed by atoms with van der Waals surface area (Å²) in [6.45, 7) is 7.81.